The van der Waals surface area contributed by atoms with Gasteiger partial charge in [0.05, 0.1) is 12.7 Å². The highest BCUT2D eigenvalue weighted by Crippen LogP contribution is 2.32. The number of rotatable bonds is 4. The Morgan fingerprint density at radius 2 is 2.38 bits per heavy atom. The molecule has 0 unspecified atom stereocenters. The van der Waals surface area contributed by atoms with E-state index < -0.39 is 0 Å². The highest BCUT2D eigenvalue weighted by Gasteiger charge is 2.17. The summed E-state index contributed by atoms with van der Waals surface area (Å²) in [7, 11) is 0. The molecule has 0 saturated carbocycles. The van der Waals surface area contributed by atoms with Crippen molar-refractivity contribution in [2.45, 2.75) is 26.0 Å². The number of aliphatic hydroxyl groups is 1. The van der Waals surface area contributed by atoms with Gasteiger partial charge in [0.1, 0.15) is 5.75 Å². The molecule has 1 aromatic rings. The van der Waals surface area contributed by atoms with Crippen LogP contribution in [0.2, 0.25) is 0 Å². The van der Waals surface area contributed by atoms with Gasteiger partial charge in [0.2, 0.25) is 0 Å². The lowest BCUT2D eigenvalue weighted by Gasteiger charge is -2.11. The fourth-order valence-corrected chi connectivity index (χ4v) is 2.45. The van der Waals surface area contributed by atoms with Crippen molar-refractivity contribution in [2.24, 2.45) is 0 Å². The van der Waals surface area contributed by atoms with Crippen molar-refractivity contribution < 1.29 is 9.84 Å². The summed E-state index contributed by atoms with van der Waals surface area (Å²) in [6.07, 6.45) is 0.666. The van der Waals surface area contributed by atoms with Gasteiger partial charge in [-0.3, -0.25) is 0 Å². The Hall–Kier alpha value is -0.580. The molecule has 1 atom stereocenters. The topological polar surface area (TPSA) is 41.5 Å². The molecule has 3 nitrogen and oxygen atoms in total. The summed E-state index contributed by atoms with van der Waals surface area (Å²) in [6.45, 7) is 3.87. The van der Waals surface area contributed by atoms with Gasteiger partial charge in [-0.2, -0.15) is 0 Å². The molecule has 1 heterocycles. The molecule has 0 saturated heterocycles. The van der Waals surface area contributed by atoms with Crippen LogP contribution in [0, 0.1) is 0 Å². The number of ether oxygens (including phenoxy) is 1. The van der Waals surface area contributed by atoms with E-state index in [0.717, 1.165) is 35.4 Å². The van der Waals surface area contributed by atoms with Gasteiger partial charge in [-0.1, -0.05) is 15.9 Å². The number of benzene rings is 1. The first kappa shape index (κ1) is 11.9. The van der Waals surface area contributed by atoms with Gasteiger partial charge < -0.3 is 15.2 Å². The fourth-order valence-electron chi connectivity index (χ4n) is 1.89. The van der Waals surface area contributed by atoms with E-state index in [2.05, 4.69) is 33.4 Å². The molecule has 0 spiro atoms. The maximum atomic E-state index is 9.18. The van der Waals surface area contributed by atoms with Crippen molar-refractivity contribution in [1.29, 1.82) is 0 Å². The lowest BCUT2D eigenvalue weighted by molar-refractivity contribution is 0.191. The van der Waals surface area contributed by atoms with E-state index in [0.29, 0.717) is 6.54 Å². The fraction of sp³-hybridized carbons (Fsp3) is 0.500. The van der Waals surface area contributed by atoms with Crippen LogP contribution in [0.15, 0.2) is 16.6 Å². The maximum absolute atomic E-state index is 9.18. The zero-order chi connectivity index (χ0) is 11.5. The van der Waals surface area contributed by atoms with Crippen LogP contribution in [0.3, 0.4) is 0 Å². The largest absolute Gasteiger partial charge is 0.493 e. The van der Waals surface area contributed by atoms with E-state index in [9.17, 15) is 5.11 Å². The number of nitrogens with one attached hydrogen (secondary N) is 1. The third kappa shape index (κ3) is 2.75. The predicted molar refractivity (Wildman–Crippen MR) is 66.7 cm³/mol. The second-order valence-electron chi connectivity index (χ2n) is 4.13. The smallest absolute Gasteiger partial charge is 0.127 e. The van der Waals surface area contributed by atoms with E-state index in [-0.39, 0.29) is 6.10 Å². The Labute approximate surface area is 104 Å². The van der Waals surface area contributed by atoms with E-state index in [1.54, 1.807) is 6.92 Å². The summed E-state index contributed by atoms with van der Waals surface area (Å²) in [5.41, 5.74) is 2.42. The first-order valence-electron chi connectivity index (χ1n) is 5.49. The molecule has 0 bridgehead atoms. The van der Waals surface area contributed by atoms with Gasteiger partial charge >= 0.3 is 0 Å². The lowest BCUT2D eigenvalue weighted by Crippen LogP contribution is -2.24. The molecule has 88 valence electrons. The molecule has 16 heavy (non-hydrogen) atoms. The summed E-state index contributed by atoms with van der Waals surface area (Å²) in [5.74, 6) is 1.02. The van der Waals surface area contributed by atoms with Crippen molar-refractivity contribution in [3.63, 3.8) is 0 Å². The Morgan fingerprint density at radius 3 is 3.12 bits per heavy atom. The van der Waals surface area contributed by atoms with Crippen molar-refractivity contribution >= 4 is 15.9 Å². The summed E-state index contributed by atoms with van der Waals surface area (Å²) in [4.78, 5) is 0. The molecule has 0 aliphatic carbocycles. The number of hydrogen-bond donors (Lipinski definition) is 2. The zero-order valence-corrected chi connectivity index (χ0v) is 10.9. The van der Waals surface area contributed by atoms with E-state index in [1.165, 1.54) is 5.56 Å². The van der Waals surface area contributed by atoms with E-state index in [4.69, 9.17) is 4.74 Å². The minimum absolute atomic E-state index is 0.318. The van der Waals surface area contributed by atoms with Crippen molar-refractivity contribution in [3.8, 4) is 5.75 Å². The minimum atomic E-state index is -0.318. The summed E-state index contributed by atoms with van der Waals surface area (Å²) >= 11 is 3.50. The molecule has 0 radical (unpaired) electrons. The first-order valence-corrected chi connectivity index (χ1v) is 6.29. The number of aliphatic hydroxyl groups excluding tert-OH is 1. The van der Waals surface area contributed by atoms with Gasteiger partial charge in [0.15, 0.2) is 0 Å². The van der Waals surface area contributed by atoms with Gasteiger partial charge in [0.25, 0.3) is 0 Å². The third-order valence-corrected chi connectivity index (χ3v) is 3.04. The van der Waals surface area contributed by atoms with Crippen LogP contribution in [0.1, 0.15) is 18.1 Å². The standard InChI is InChI=1S/C12H16BrNO2/c1-8(15)6-14-7-10-5-11(13)4-9-2-3-16-12(9)10/h4-5,8,14-15H,2-3,6-7H2,1H3/t8-/m1/s1. The molecule has 0 amide bonds. The molecule has 1 aromatic carbocycles. The second-order valence-corrected chi connectivity index (χ2v) is 5.05. The van der Waals surface area contributed by atoms with Crippen LogP contribution in [0.4, 0.5) is 0 Å². The Morgan fingerprint density at radius 1 is 1.56 bits per heavy atom. The maximum Gasteiger partial charge on any atom is 0.127 e. The average Bonchev–Trinajstić information content (AvgIpc) is 2.64. The summed E-state index contributed by atoms with van der Waals surface area (Å²) < 4.78 is 6.71. The molecular formula is C12H16BrNO2. The van der Waals surface area contributed by atoms with Crippen LogP contribution < -0.4 is 10.1 Å². The van der Waals surface area contributed by atoms with Crippen molar-refractivity contribution in [2.75, 3.05) is 13.2 Å². The number of hydrogen-bond acceptors (Lipinski definition) is 3. The van der Waals surface area contributed by atoms with Gasteiger partial charge in [-0.25, -0.2) is 0 Å². The van der Waals surface area contributed by atoms with Crippen LogP contribution >= 0.6 is 15.9 Å². The van der Waals surface area contributed by atoms with E-state index >= 15 is 0 Å². The van der Waals surface area contributed by atoms with Gasteiger partial charge in [-0.15, -0.1) is 0 Å². The number of fused-ring (bicyclic) bond motifs is 1. The predicted octanol–water partition coefficient (Wildman–Crippen LogP) is 1.85. The van der Waals surface area contributed by atoms with Crippen LogP contribution in [-0.2, 0) is 13.0 Å². The second kappa shape index (κ2) is 5.17. The minimum Gasteiger partial charge on any atom is -0.493 e. The Balaban J connectivity index is 2.08. The SMILES string of the molecule is C[C@@H](O)CNCc1cc(Br)cc2c1OCC2. The molecular weight excluding hydrogens is 270 g/mol. The molecule has 0 aromatic heterocycles. The summed E-state index contributed by atoms with van der Waals surface area (Å²) in [6, 6.07) is 4.18. The monoisotopic (exact) mass is 285 g/mol. The molecule has 1 aliphatic heterocycles. The zero-order valence-electron chi connectivity index (χ0n) is 9.29. The normalized spacial score (nSPS) is 15.7. The first-order chi connectivity index (χ1) is 7.66. The van der Waals surface area contributed by atoms with Gasteiger partial charge in [0, 0.05) is 29.5 Å². The van der Waals surface area contributed by atoms with E-state index in [1.807, 2.05) is 0 Å². The molecule has 2 N–H and O–H groups in total. The highest BCUT2D eigenvalue weighted by atomic mass is 79.9. The average molecular weight is 286 g/mol. The number of halogens is 1. The summed E-state index contributed by atoms with van der Waals surface area (Å²) in [5, 5.41) is 12.4. The van der Waals surface area contributed by atoms with Crippen LogP contribution in [0.25, 0.3) is 0 Å². The molecule has 2 rings (SSSR count). The van der Waals surface area contributed by atoms with Crippen molar-refractivity contribution in [1.82, 2.24) is 5.32 Å². The van der Waals surface area contributed by atoms with Crippen LogP contribution in [-0.4, -0.2) is 24.4 Å². The molecule has 4 heteroatoms. The Bertz CT molecular complexity index is 380. The van der Waals surface area contributed by atoms with Gasteiger partial charge in [-0.05, 0) is 24.6 Å². The Kier molecular flexibility index (Phi) is 3.84. The third-order valence-electron chi connectivity index (χ3n) is 2.58. The quantitative estimate of drug-likeness (QED) is 0.887. The lowest BCUT2D eigenvalue weighted by atomic mass is 10.1. The highest BCUT2D eigenvalue weighted by molar-refractivity contribution is 9.10. The van der Waals surface area contributed by atoms with Crippen molar-refractivity contribution in [3.05, 3.63) is 27.7 Å². The van der Waals surface area contributed by atoms with Crippen LogP contribution in [0.5, 0.6) is 5.75 Å². The molecule has 1 aliphatic rings. The molecule has 0 fully saturated rings.